The number of carbonyl (C=O) groups excluding carboxylic acids is 1. The van der Waals surface area contributed by atoms with Gasteiger partial charge in [0.25, 0.3) is 0 Å². The van der Waals surface area contributed by atoms with Crippen molar-refractivity contribution in [2.45, 2.75) is 20.3 Å². The van der Waals surface area contributed by atoms with Crippen LogP contribution in [0.4, 0.5) is 6.01 Å². The lowest BCUT2D eigenvalue weighted by atomic mass is 10.1. The number of benzene rings is 2. The van der Waals surface area contributed by atoms with E-state index in [1.807, 2.05) is 32.0 Å². The standard InChI is InChI=1S/C19H17N3O4/c1-11-5-12(2)7-14(6-11)18-21-22-19(26-18)20-17(23)9-13-3-4-15-16(8-13)25-10-24-15/h3-8H,9-10H2,1-2H3,(H,20,22,23). The molecule has 0 saturated heterocycles. The molecule has 0 aliphatic carbocycles. The summed E-state index contributed by atoms with van der Waals surface area (Å²) in [7, 11) is 0. The normalized spacial score (nSPS) is 12.2. The summed E-state index contributed by atoms with van der Waals surface area (Å²) < 4.78 is 16.1. The average molecular weight is 351 g/mol. The summed E-state index contributed by atoms with van der Waals surface area (Å²) in [5, 5.41) is 10.5. The highest BCUT2D eigenvalue weighted by molar-refractivity contribution is 5.90. The highest BCUT2D eigenvalue weighted by Gasteiger charge is 2.16. The summed E-state index contributed by atoms with van der Waals surface area (Å²) in [4.78, 5) is 12.2. The van der Waals surface area contributed by atoms with Gasteiger partial charge in [0, 0.05) is 5.56 Å². The molecule has 3 aromatic rings. The molecule has 1 aliphatic rings. The quantitative estimate of drug-likeness (QED) is 0.776. The molecule has 0 spiro atoms. The molecule has 0 atom stereocenters. The highest BCUT2D eigenvalue weighted by Crippen LogP contribution is 2.32. The number of fused-ring (bicyclic) bond motifs is 1. The number of hydrogen-bond acceptors (Lipinski definition) is 6. The molecular formula is C19H17N3O4. The third kappa shape index (κ3) is 3.37. The first-order chi connectivity index (χ1) is 12.6. The number of aromatic nitrogens is 2. The number of amides is 1. The van der Waals surface area contributed by atoms with E-state index in [1.165, 1.54) is 0 Å². The van der Waals surface area contributed by atoms with Gasteiger partial charge in [-0.25, -0.2) is 0 Å². The molecule has 2 heterocycles. The Hall–Kier alpha value is -3.35. The summed E-state index contributed by atoms with van der Waals surface area (Å²) in [5.74, 6) is 1.45. The van der Waals surface area contributed by atoms with E-state index in [4.69, 9.17) is 13.9 Å². The lowest BCUT2D eigenvalue weighted by molar-refractivity contribution is -0.115. The smallest absolute Gasteiger partial charge is 0.322 e. The maximum atomic E-state index is 12.2. The monoisotopic (exact) mass is 351 g/mol. The minimum absolute atomic E-state index is 0.0740. The maximum Gasteiger partial charge on any atom is 0.322 e. The predicted molar refractivity (Wildman–Crippen MR) is 94.1 cm³/mol. The van der Waals surface area contributed by atoms with Crippen molar-refractivity contribution in [3.63, 3.8) is 0 Å². The molecule has 1 N–H and O–H groups in total. The van der Waals surface area contributed by atoms with E-state index in [9.17, 15) is 4.79 Å². The number of hydrogen-bond donors (Lipinski definition) is 1. The van der Waals surface area contributed by atoms with Crippen LogP contribution in [0.25, 0.3) is 11.5 Å². The summed E-state index contributed by atoms with van der Waals surface area (Å²) in [6.07, 6.45) is 0.165. The second kappa shape index (κ2) is 6.51. The van der Waals surface area contributed by atoms with Gasteiger partial charge in [-0.3, -0.25) is 10.1 Å². The van der Waals surface area contributed by atoms with Gasteiger partial charge in [0.15, 0.2) is 11.5 Å². The summed E-state index contributed by atoms with van der Waals surface area (Å²) in [6.45, 7) is 4.20. The van der Waals surface area contributed by atoms with E-state index in [0.717, 1.165) is 22.3 Å². The lowest BCUT2D eigenvalue weighted by Gasteiger charge is -2.03. The van der Waals surface area contributed by atoms with E-state index in [-0.39, 0.29) is 25.1 Å². The molecule has 0 radical (unpaired) electrons. The van der Waals surface area contributed by atoms with Crippen LogP contribution in [0.3, 0.4) is 0 Å². The molecule has 7 nitrogen and oxygen atoms in total. The molecule has 0 saturated carbocycles. The molecule has 132 valence electrons. The highest BCUT2D eigenvalue weighted by atomic mass is 16.7. The number of nitrogens with zero attached hydrogens (tertiary/aromatic N) is 2. The number of carbonyl (C=O) groups is 1. The number of rotatable bonds is 4. The lowest BCUT2D eigenvalue weighted by Crippen LogP contribution is -2.14. The molecule has 0 bridgehead atoms. The molecule has 2 aromatic carbocycles. The average Bonchev–Trinajstić information content (AvgIpc) is 3.22. The Morgan fingerprint density at radius 1 is 1.04 bits per heavy atom. The SMILES string of the molecule is Cc1cc(C)cc(-c2nnc(NC(=O)Cc3ccc4c(c3)OCO4)o2)c1. The van der Waals surface area contributed by atoms with Gasteiger partial charge < -0.3 is 13.9 Å². The largest absolute Gasteiger partial charge is 0.454 e. The van der Waals surface area contributed by atoms with Crippen molar-refractivity contribution in [1.82, 2.24) is 10.2 Å². The second-order valence-electron chi connectivity index (χ2n) is 6.20. The Bertz CT molecular complexity index is 960. The Morgan fingerprint density at radius 3 is 2.62 bits per heavy atom. The number of ether oxygens (including phenoxy) is 2. The Morgan fingerprint density at radius 2 is 1.81 bits per heavy atom. The van der Waals surface area contributed by atoms with Gasteiger partial charge in [-0.1, -0.05) is 28.4 Å². The molecule has 0 fully saturated rings. The van der Waals surface area contributed by atoms with Gasteiger partial charge in [-0.05, 0) is 43.7 Å². The van der Waals surface area contributed by atoms with Crippen LogP contribution >= 0.6 is 0 Å². The number of nitrogens with one attached hydrogen (secondary N) is 1. The first-order valence-corrected chi connectivity index (χ1v) is 8.17. The zero-order chi connectivity index (χ0) is 18.1. The van der Waals surface area contributed by atoms with E-state index in [2.05, 4.69) is 21.6 Å². The van der Waals surface area contributed by atoms with E-state index >= 15 is 0 Å². The maximum absolute atomic E-state index is 12.2. The fourth-order valence-corrected chi connectivity index (χ4v) is 2.89. The summed E-state index contributed by atoms with van der Waals surface area (Å²) >= 11 is 0. The van der Waals surface area contributed by atoms with Crippen LogP contribution in [0.5, 0.6) is 11.5 Å². The Labute approximate surface area is 150 Å². The third-order valence-electron chi connectivity index (χ3n) is 3.94. The van der Waals surface area contributed by atoms with Crippen molar-refractivity contribution in [1.29, 1.82) is 0 Å². The van der Waals surface area contributed by atoms with Crippen LogP contribution < -0.4 is 14.8 Å². The summed E-state index contributed by atoms with van der Waals surface area (Å²) in [6, 6.07) is 11.4. The zero-order valence-electron chi connectivity index (χ0n) is 14.4. The molecule has 4 rings (SSSR count). The Balaban J connectivity index is 1.44. The van der Waals surface area contributed by atoms with Crippen molar-refractivity contribution in [3.05, 3.63) is 53.1 Å². The van der Waals surface area contributed by atoms with Crippen molar-refractivity contribution in [2.75, 3.05) is 12.1 Å². The predicted octanol–water partition coefficient (Wildman–Crippen LogP) is 3.26. The van der Waals surface area contributed by atoms with Crippen LogP contribution in [0.2, 0.25) is 0 Å². The minimum atomic E-state index is -0.250. The number of aryl methyl sites for hydroxylation is 2. The van der Waals surface area contributed by atoms with Crippen LogP contribution in [0.1, 0.15) is 16.7 Å². The summed E-state index contributed by atoms with van der Waals surface area (Å²) in [5.41, 5.74) is 3.84. The van der Waals surface area contributed by atoms with Gasteiger partial charge >= 0.3 is 6.01 Å². The first-order valence-electron chi connectivity index (χ1n) is 8.17. The van der Waals surface area contributed by atoms with Crippen LogP contribution in [-0.2, 0) is 11.2 Å². The Kier molecular flexibility index (Phi) is 4.04. The van der Waals surface area contributed by atoms with Crippen molar-refractivity contribution in [2.24, 2.45) is 0 Å². The minimum Gasteiger partial charge on any atom is -0.454 e. The van der Waals surface area contributed by atoms with Gasteiger partial charge in [-0.2, -0.15) is 0 Å². The van der Waals surface area contributed by atoms with Crippen LogP contribution in [0, 0.1) is 13.8 Å². The van der Waals surface area contributed by atoms with Crippen molar-refractivity contribution >= 4 is 11.9 Å². The molecular weight excluding hydrogens is 334 g/mol. The zero-order valence-corrected chi connectivity index (χ0v) is 14.4. The molecule has 1 aromatic heterocycles. The van der Waals surface area contributed by atoms with Gasteiger partial charge in [0.05, 0.1) is 6.42 Å². The van der Waals surface area contributed by atoms with Crippen molar-refractivity contribution in [3.8, 4) is 23.0 Å². The molecule has 26 heavy (non-hydrogen) atoms. The topological polar surface area (TPSA) is 86.5 Å². The molecule has 1 amide bonds. The van der Waals surface area contributed by atoms with Gasteiger partial charge in [0.1, 0.15) is 0 Å². The third-order valence-corrected chi connectivity index (χ3v) is 3.94. The first kappa shape index (κ1) is 16.1. The molecule has 1 aliphatic heterocycles. The fourth-order valence-electron chi connectivity index (χ4n) is 2.89. The van der Waals surface area contributed by atoms with Gasteiger partial charge in [0.2, 0.25) is 18.6 Å². The van der Waals surface area contributed by atoms with E-state index < -0.39 is 0 Å². The fraction of sp³-hybridized carbons (Fsp3) is 0.211. The van der Waals surface area contributed by atoms with E-state index in [1.54, 1.807) is 12.1 Å². The molecule has 7 heteroatoms. The van der Waals surface area contributed by atoms with Crippen molar-refractivity contribution < 1.29 is 18.7 Å². The van der Waals surface area contributed by atoms with Gasteiger partial charge in [-0.15, -0.1) is 5.10 Å². The van der Waals surface area contributed by atoms with Crippen LogP contribution in [-0.4, -0.2) is 22.9 Å². The van der Waals surface area contributed by atoms with Crippen LogP contribution in [0.15, 0.2) is 40.8 Å². The van der Waals surface area contributed by atoms with E-state index in [0.29, 0.717) is 17.4 Å². The number of anilines is 1. The molecule has 0 unspecified atom stereocenters. The second-order valence-corrected chi connectivity index (χ2v) is 6.20.